The van der Waals surface area contributed by atoms with Gasteiger partial charge in [0.05, 0.1) is 13.3 Å². The number of aryl methyl sites for hydroxylation is 1. The van der Waals surface area contributed by atoms with Gasteiger partial charge >= 0.3 is 5.97 Å². The van der Waals surface area contributed by atoms with Gasteiger partial charge in [0.1, 0.15) is 18.2 Å². The molecule has 0 unspecified atom stereocenters. The molecule has 0 aliphatic heterocycles. The Kier molecular flexibility index (Phi) is 11.3. The number of carboxylic acids is 1. The molecule has 2 aromatic carbocycles. The van der Waals surface area contributed by atoms with Crippen molar-refractivity contribution in [2.24, 2.45) is 0 Å². The van der Waals surface area contributed by atoms with E-state index in [-0.39, 0.29) is 6.42 Å². The Labute approximate surface area is 231 Å². The van der Waals surface area contributed by atoms with Gasteiger partial charge in [-0.05, 0) is 68.5 Å². The summed E-state index contributed by atoms with van der Waals surface area (Å²) in [5.41, 5.74) is 4.10. The zero-order chi connectivity index (χ0) is 28.4. The minimum atomic E-state index is -0.825. The molecule has 1 heterocycles. The fourth-order valence-corrected chi connectivity index (χ4v) is 4.23. The lowest BCUT2D eigenvalue weighted by molar-refractivity contribution is -0.136. The number of hydrogen-bond donors (Lipinski definition) is 1. The lowest BCUT2D eigenvalue weighted by Gasteiger charge is -2.31. The van der Waals surface area contributed by atoms with Crippen LogP contribution in [-0.2, 0) is 24.4 Å². The molecule has 0 bridgehead atoms. The number of methoxy groups -OCH3 is 1. The third kappa shape index (κ3) is 9.66. The Morgan fingerprint density at radius 2 is 1.72 bits per heavy atom. The maximum atomic E-state index is 14.9. The highest BCUT2D eigenvalue weighted by Crippen LogP contribution is 2.31. The molecule has 3 aromatic rings. The molecule has 6 nitrogen and oxygen atoms in total. The van der Waals surface area contributed by atoms with Crippen molar-refractivity contribution in [1.29, 1.82) is 0 Å². The van der Waals surface area contributed by atoms with Gasteiger partial charge in [0, 0.05) is 36.7 Å². The van der Waals surface area contributed by atoms with Crippen molar-refractivity contribution in [3.05, 3.63) is 77.2 Å². The Bertz CT molecular complexity index is 1220. The lowest BCUT2D eigenvalue weighted by Crippen LogP contribution is -2.36. The average Bonchev–Trinajstić information content (AvgIpc) is 3.80. The molecule has 0 saturated heterocycles. The Morgan fingerprint density at radius 1 is 1.00 bits per heavy atom. The van der Waals surface area contributed by atoms with Crippen molar-refractivity contribution in [1.82, 2.24) is 9.88 Å². The van der Waals surface area contributed by atoms with Gasteiger partial charge in [-0.1, -0.05) is 49.6 Å². The molecule has 1 aromatic heterocycles. The van der Waals surface area contributed by atoms with Crippen LogP contribution in [0.2, 0.25) is 0 Å². The highest BCUT2D eigenvalue weighted by atomic mass is 19.1. The standard InChI is InChI=1S/C29H35FN2O4.C3H6/c1-19(2)32(20(3)4)17-23-13-22(9-11-25(23)26-15-28(35-5)31-16-27(26)30)18-36-24-8-6-7-21(14-24)10-12-29(33)34;1-2-3-1/h6-9,11,13-16,19-20H,10,12,17-18H2,1-5H3,(H,33,34);1-3H2. The fourth-order valence-electron chi connectivity index (χ4n) is 4.23. The number of benzene rings is 2. The van der Waals surface area contributed by atoms with Gasteiger partial charge in [-0.15, -0.1) is 0 Å². The van der Waals surface area contributed by atoms with E-state index in [1.54, 1.807) is 6.07 Å². The normalized spacial score (nSPS) is 12.3. The van der Waals surface area contributed by atoms with E-state index in [0.29, 0.717) is 48.8 Å². The Hall–Kier alpha value is -3.45. The first kappa shape index (κ1) is 30.1. The van der Waals surface area contributed by atoms with Crippen LogP contribution in [0.5, 0.6) is 11.6 Å². The van der Waals surface area contributed by atoms with Gasteiger partial charge in [0.2, 0.25) is 5.88 Å². The van der Waals surface area contributed by atoms with Gasteiger partial charge in [-0.3, -0.25) is 9.69 Å². The van der Waals surface area contributed by atoms with Gasteiger partial charge in [0.15, 0.2) is 0 Å². The summed E-state index contributed by atoms with van der Waals surface area (Å²) in [5, 5.41) is 8.94. The second-order valence-electron chi connectivity index (χ2n) is 10.4. The molecule has 1 fully saturated rings. The topological polar surface area (TPSA) is 71.9 Å². The van der Waals surface area contributed by atoms with Crippen LogP contribution in [0.15, 0.2) is 54.7 Å². The van der Waals surface area contributed by atoms with Gasteiger partial charge in [0.25, 0.3) is 0 Å². The number of carbonyl (C=O) groups is 1. The number of aromatic nitrogens is 1. The van der Waals surface area contributed by atoms with Gasteiger partial charge in [-0.25, -0.2) is 9.37 Å². The first-order valence-corrected chi connectivity index (χ1v) is 13.7. The largest absolute Gasteiger partial charge is 0.489 e. The minimum Gasteiger partial charge on any atom is -0.489 e. The molecule has 4 rings (SSSR count). The van der Waals surface area contributed by atoms with Gasteiger partial charge < -0.3 is 14.6 Å². The molecule has 0 radical (unpaired) electrons. The molecular weight excluding hydrogens is 495 g/mol. The minimum absolute atomic E-state index is 0.0762. The van der Waals surface area contributed by atoms with E-state index in [4.69, 9.17) is 14.6 Å². The van der Waals surface area contributed by atoms with E-state index in [1.807, 2.05) is 36.4 Å². The molecule has 1 N–H and O–H groups in total. The summed E-state index contributed by atoms with van der Waals surface area (Å²) >= 11 is 0. The highest BCUT2D eigenvalue weighted by molar-refractivity contribution is 5.69. The third-order valence-corrected chi connectivity index (χ3v) is 6.46. The second-order valence-corrected chi connectivity index (χ2v) is 10.4. The molecule has 0 amide bonds. The van der Waals surface area contributed by atoms with Crippen LogP contribution in [0.3, 0.4) is 0 Å². The maximum Gasteiger partial charge on any atom is 0.303 e. The van der Waals surface area contributed by atoms with Crippen LogP contribution in [0.25, 0.3) is 11.1 Å². The molecule has 1 saturated carbocycles. The molecule has 39 heavy (non-hydrogen) atoms. The van der Waals surface area contributed by atoms with Crippen molar-refractivity contribution < 1.29 is 23.8 Å². The molecule has 210 valence electrons. The molecule has 0 atom stereocenters. The maximum absolute atomic E-state index is 14.9. The predicted octanol–water partition coefficient (Wildman–Crippen LogP) is 7.28. The predicted molar refractivity (Wildman–Crippen MR) is 153 cm³/mol. The lowest BCUT2D eigenvalue weighted by atomic mass is 9.96. The summed E-state index contributed by atoms with van der Waals surface area (Å²) in [5.74, 6) is -0.189. The smallest absolute Gasteiger partial charge is 0.303 e. The van der Waals surface area contributed by atoms with E-state index in [0.717, 1.165) is 22.3 Å². The average molecular weight is 537 g/mol. The van der Waals surface area contributed by atoms with Crippen LogP contribution in [-0.4, -0.2) is 40.2 Å². The van der Waals surface area contributed by atoms with E-state index in [9.17, 15) is 9.18 Å². The van der Waals surface area contributed by atoms with Crippen molar-refractivity contribution in [2.75, 3.05) is 7.11 Å². The van der Waals surface area contributed by atoms with Gasteiger partial charge in [-0.2, -0.15) is 0 Å². The number of halogens is 1. The Morgan fingerprint density at radius 3 is 2.33 bits per heavy atom. The number of carboxylic acid groups (broad SMARTS) is 1. The number of ether oxygens (including phenoxy) is 2. The highest BCUT2D eigenvalue weighted by Gasteiger charge is 2.19. The summed E-state index contributed by atoms with van der Waals surface area (Å²) < 4.78 is 26.1. The first-order chi connectivity index (χ1) is 18.7. The van der Waals surface area contributed by atoms with Crippen LogP contribution >= 0.6 is 0 Å². The van der Waals surface area contributed by atoms with Crippen LogP contribution in [0.1, 0.15) is 70.1 Å². The molecule has 1 aliphatic rings. The quantitative estimate of drug-likeness (QED) is 0.262. The molecule has 7 heteroatoms. The number of hydrogen-bond acceptors (Lipinski definition) is 5. The summed E-state index contributed by atoms with van der Waals surface area (Å²) in [6, 6.07) is 15.7. The summed E-state index contributed by atoms with van der Waals surface area (Å²) in [4.78, 5) is 17.2. The fraction of sp³-hybridized carbons (Fsp3) is 0.438. The zero-order valence-corrected chi connectivity index (χ0v) is 23.7. The van der Waals surface area contributed by atoms with E-state index >= 15 is 0 Å². The van der Waals surface area contributed by atoms with Crippen LogP contribution < -0.4 is 9.47 Å². The summed E-state index contributed by atoms with van der Waals surface area (Å²) in [7, 11) is 1.52. The van der Waals surface area contributed by atoms with Crippen molar-refractivity contribution in [3.63, 3.8) is 0 Å². The van der Waals surface area contributed by atoms with Crippen LogP contribution in [0.4, 0.5) is 4.39 Å². The Balaban J connectivity index is 0.00000131. The number of pyridine rings is 1. The third-order valence-electron chi connectivity index (χ3n) is 6.46. The zero-order valence-electron chi connectivity index (χ0n) is 23.7. The van der Waals surface area contributed by atoms with E-state index in [1.165, 1.54) is 32.6 Å². The number of rotatable bonds is 12. The van der Waals surface area contributed by atoms with E-state index < -0.39 is 11.8 Å². The van der Waals surface area contributed by atoms with Crippen molar-refractivity contribution >= 4 is 5.97 Å². The van der Waals surface area contributed by atoms with E-state index in [2.05, 4.69) is 43.6 Å². The SMILES string of the molecule is C1CC1.COc1cc(-c2ccc(COc3cccc(CCC(=O)O)c3)cc2CN(C(C)C)C(C)C)c(F)cn1. The summed E-state index contributed by atoms with van der Waals surface area (Å²) in [6.45, 7) is 9.59. The van der Waals surface area contributed by atoms with Crippen molar-refractivity contribution in [2.45, 2.75) is 85.0 Å². The van der Waals surface area contributed by atoms with Crippen molar-refractivity contribution in [3.8, 4) is 22.8 Å². The molecule has 1 aliphatic carbocycles. The molecule has 0 spiro atoms. The number of aliphatic carboxylic acids is 1. The monoisotopic (exact) mass is 536 g/mol. The summed E-state index contributed by atoms with van der Waals surface area (Å²) in [6.07, 6.45) is 6.22. The first-order valence-electron chi connectivity index (χ1n) is 13.7. The second kappa shape index (κ2) is 14.6. The molecular formula is C32H41FN2O4. The number of nitrogens with zero attached hydrogens (tertiary/aromatic N) is 2. The van der Waals surface area contributed by atoms with Crippen LogP contribution in [0, 0.1) is 5.82 Å².